The Hall–Kier alpha value is -1.91. The summed E-state index contributed by atoms with van der Waals surface area (Å²) in [5, 5.41) is 0. The largest absolute Gasteiger partial charge is 0.469 e. The van der Waals surface area contributed by atoms with Crippen molar-refractivity contribution in [3.8, 4) is 0 Å². The Labute approximate surface area is 117 Å². The van der Waals surface area contributed by atoms with E-state index in [9.17, 15) is 14.0 Å². The number of methoxy groups -OCH3 is 1. The number of hydrogen-bond acceptors (Lipinski definition) is 3. The maximum absolute atomic E-state index is 13.9. The summed E-state index contributed by atoms with van der Waals surface area (Å²) >= 11 is 0. The topological polar surface area (TPSA) is 46.6 Å². The number of amides is 1. The van der Waals surface area contributed by atoms with Crippen LogP contribution in [0.4, 0.5) is 4.39 Å². The van der Waals surface area contributed by atoms with Crippen molar-refractivity contribution in [3.63, 3.8) is 0 Å². The van der Waals surface area contributed by atoms with Crippen molar-refractivity contribution in [1.29, 1.82) is 0 Å². The number of piperidine rings is 1. The number of nitrogens with zero attached hydrogens (tertiary/aromatic N) is 1. The average Bonchev–Trinajstić information content (AvgIpc) is 2.48. The molecule has 1 saturated heterocycles. The predicted molar refractivity (Wildman–Crippen MR) is 71.8 cm³/mol. The summed E-state index contributed by atoms with van der Waals surface area (Å²) in [6.45, 7) is 2.54. The minimum atomic E-state index is -0.465. The van der Waals surface area contributed by atoms with Crippen molar-refractivity contribution in [2.24, 2.45) is 5.92 Å². The molecule has 5 heteroatoms. The number of carbonyl (C=O) groups is 2. The molecular formula is C15H18FNO3. The van der Waals surface area contributed by atoms with Crippen LogP contribution in [0.1, 0.15) is 28.8 Å². The second-order valence-electron chi connectivity index (χ2n) is 5.03. The first kappa shape index (κ1) is 14.5. The van der Waals surface area contributed by atoms with Crippen molar-refractivity contribution in [1.82, 2.24) is 4.90 Å². The molecule has 1 aromatic carbocycles. The molecule has 2 rings (SSSR count). The summed E-state index contributed by atoms with van der Waals surface area (Å²) in [6.07, 6.45) is 1.12. The Balaban J connectivity index is 2.05. The van der Waals surface area contributed by atoms with Crippen molar-refractivity contribution in [3.05, 3.63) is 35.1 Å². The molecule has 1 aliphatic rings. The number of likely N-dealkylation sites (tertiary alicyclic amines) is 1. The number of hydrogen-bond donors (Lipinski definition) is 0. The first-order valence-corrected chi connectivity index (χ1v) is 6.66. The average molecular weight is 279 g/mol. The summed E-state index contributed by atoms with van der Waals surface area (Å²) < 4.78 is 18.6. The molecular weight excluding hydrogens is 261 g/mol. The maximum atomic E-state index is 13.9. The SMILES string of the molecule is COC(=O)C1CCN(C(=O)c2cccc(C)c2F)CC1. The first-order chi connectivity index (χ1) is 9.54. The quantitative estimate of drug-likeness (QED) is 0.779. The van der Waals surface area contributed by atoms with Crippen LogP contribution in [0.15, 0.2) is 18.2 Å². The molecule has 1 aliphatic heterocycles. The van der Waals surface area contributed by atoms with Gasteiger partial charge in [-0.15, -0.1) is 0 Å². The minimum absolute atomic E-state index is 0.0986. The standard InChI is InChI=1S/C15H18FNO3/c1-10-4-3-5-12(13(10)16)14(18)17-8-6-11(7-9-17)15(19)20-2/h3-5,11H,6-9H2,1-2H3. The molecule has 20 heavy (non-hydrogen) atoms. The monoisotopic (exact) mass is 279 g/mol. The minimum Gasteiger partial charge on any atom is -0.469 e. The number of carbonyl (C=O) groups excluding carboxylic acids is 2. The molecule has 0 saturated carbocycles. The van der Waals surface area contributed by atoms with E-state index in [0.29, 0.717) is 31.5 Å². The molecule has 0 radical (unpaired) electrons. The Morgan fingerprint density at radius 3 is 2.55 bits per heavy atom. The Kier molecular flexibility index (Phi) is 4.37. The highest BCUT2D eigenvalue weighted by Crippen LogP contribution is 2.21. The molecule has 4 nitrogen and oxygen atoms in total. The van der Waals surface area contributed by atoms with Crippen LogP contribution >= 0.6 is 0 Å². The second-order valence-corrected chi connectivity index (χ2v) is 5.03. The molecule has 0 unspecified atom stereocenters. The van der Waals surface area contributed by atoms with E-state index in [1.54, 1.807) is 24.0 Å². The molecule has 108 valence electrons. The van der Waals surface area contributed by atoms with Crippen molar-refractivity contribution < 1.29 is 18.7 Å². The summed E-state index contributed by atoms with van der Waals surface area (Å²) in [5.41, 5.74) is 0.557. The van der Waals surface area contributed by atoms with Crippen LogP contribution in [-0.4, -0.2) is 37.0 Å². The van der Waals surface area contributed by atoms with E-state index < -0.39 is 5.82 Å². The summed E-state index contributed by atoms with van der Waals surface area (Å²) in [4.78, 5) is 25.3. The third kappa shape index (κ3) is 2.81. The molecule has 0 aromatic heterocycles. The van der Waals surface area contributed by atoms with Crippen LogP contribution in [0.3, 0.4) is 0 Å². The Morgan fingerprint density at radius 1 is 1.30 bits per heavy atom. The van der Waals surface area contributed by atoms with Gasteiger partial charge >= 0.3 is 5.97 Å². The van der Waals surface area contributed by atoms with E-state index in [4.69, 9.17) is 4.74 Å². The lowest BCUT2D eigenvalue weighted by Gasteiger charge is -2.30. The van der Waals surface area contributed by atoms with Gasteiger partial charge in [-0.05, 0) is 31.4 Å². The van der Waals surface area contributed by atoms with Crippen LogP contribution < -0.4 is 0 Å². The lowest BCUT2D eigenvalue weighted by Crippen LogP contribution is -2.40. The third-order valence-electron chi connectivity index (χ3n) is 3.74. The summed E-state index contributed by atoms with van der Waals surface area (Å²) in [6, 6.07) is 4.81. The van der Waals surface area contributed by atoms with Gasteiger partial charge in [-0.25, -0.2) is 4.39 Å². The number of halogens is 1. The number of benzene rings is 1. The van der Waals surface area contributed by atoms with E-state index >= 15 is 0 Å². The van der Waals surface area contributed by atoms with Gasteiger partial charge in [0.15, 0.2) is 0 Å². The fourth-order valence-electron chi connectivity index (χ4n) is 2.47. The second kappa shape index (κ2) is 6.03. The number of esters is 1. The van der Waals surface area contributed by atoms with Gasteiger partial charge in [0.05, 0.1) is 18.6 Å². The van der Waals surface area contributed by atoms with Gasteiger partial charge in [0.1, 0.15) is 5.82 Å². The van der Waals surface area contributed by atoms with Crippen LogP contribution in [0, 0.1) is 18.7 Å². The summed E-state index contributed by atoms with van der Waals surface area (Å²) in [7, 11) is 1.36. The molecule has 0 N–H and O–H groups in total. The number of rotatable bonds is 2. The highest BCUT2D eigenvalue weighted by atomic mass is 19.1. The predicted octanol–water partition coefficient (Wildman–Crippen LogP) is 2.16. The van der Waals surface area contributed by atoms with Crippen molar-refractivity contribution in [2.45, 2.75) is 19.8 Å². The van der Waals surface area contributed by atoms with Crippen molar-refractivity contribution in [2.75, 3.05) is 20.2 Å². The molecule has 1 fully saturated rings. The van der Waals surface area contributed by atoms with Crippen LogP contribution in [-0.2, 0) is 9.53 Å². The molecule has 1 aromatic rings. The third-order valence-corrected chi connectivity index (χ3v) is 3.74. The molecule has 0 aliphatic carbocycles. The van der Waals surface area contributed by atoms with Gasteiger partial charge in [0, 0.05) is 13.1 Å². The molecule has 0 atom stereocenters. The summed E-state index contributed by atoms with van der Waals surface area (Å²) in [5.74, 6) is -1.17. The molecule has 0 spiro atoms. The number of ether oxygens (including phenoxy) is 1. The zero-order valence-corrected chi connectivity index (χ0v) is 11.7. The van der Waals surface area contributed by atoms with E-state index in [1.165, 1.54) is 13.2 Å². The van der Waals surface area contributed by atoms with Gasteiger partial charge in [0.2, 0.25) is 0 Å². The Bertz CT molecular complexity index is 522. The van der Waals surface area contributed by atoms with Crippen LogP contribution in [0.5, 0.6) is 0 Å². The zero-order valence-electron chi connectivity index (χ0n) is 11.7. The highest BCUT2D eigenvalue weighted by molar-refractivity contribution is 5.94. The zero-order chi connectivity index (χ0) is 14.7. The van der Waals surface area contributed by atoms with Gasteiger partial charge in [-0.1, -0.05) is 12.1 Å². The van der Waals surface area contributed by atoms with Gasteiger partial charge in [0.25, 0.3) is 5.91 Å². The van der Waals surface area contributed by atoms with E-state index in [0.717, 1.165) is 0 Å². The van der Waals surface area contributed by atoms with Gasteiger partial charge in [-0.2, -0.15) is 0 Å². The lowest BCUT2D eigenvalue weighted by atomic mass is 9.96. The van der Waals surface area contributed by atoms with E-state index in [2.05, 4.69) is 0 Å². The Morgan fingerprint density at radius 2 is 1.95 bits per heavy atom. The van der Waals surface area contributed by atoms with Gasteiger partial charge in [-0.3, -0.25) is 9.59 Å². The van der Waals surface area contributed by atoms with E-state index in [-0.39, 0.29) is 23.4 Å². The normalized spacial score (nSPS) is 16.1. The first-order valence-electron chi connectivity index (χ1n) is 6.66. The highest BCUT2D eigenvalue weighted by Gasteiger charge is 2.29. The number of aryl methyl sites for hydroxylation is 1. The lowest BCUT2D eigenvalue weighted by molar-refractivity contribution is -0.146. The molecule has 0 bridgehead atoms. The van der Waals surface area contributed by atoms with Gasteiger partial charge < -0.3 is 9.64 Å². The smallest absolute Gasteiger partial charge is 0.308 e. The maximum Gasteiger partial charge on any atom is 0.308 e. The molecule has 1 heterocycles. The van der Waals surface area contributed by atoms with Crippen LogP contribution in [0.25, 0.3) is 0 Å². The fourth-order valence-corrected chi connectivity index (χ4v) is 2.47. The van der Waals surface area contributed by atoms with Crippen LogP contribution in [0.2, 0.25) is 0 Å². The molecule has 1 amide bonds. The fraction of sp³-hybridized carbons (Fsp3) is 0.467. The van der Waals surface area contributed by atoms with Crippen molar-refractivity contribution >= 4 is 11.9 Å². The van der Waals surface area contributed by atoms with E-state index in [1.807, 2.05) is 0 Å².